The van der Waals surface area contributed by atoms with Crippen molar-refractivity contribution >= 4 is 28.2 Å². The summed E-state index contributed by atoms with van der Waals surface area (Å²) in [6.45, 7) is 1.99. The average molecular weight is 240 g/mol. The minimum absolute atomic E-state index is 0.631. The van der Waals surface area contributed by atoms with Gasteiger partial charge in [0.15, 0.2) is 5.13 Å². The Morgan fingerprint density at radius 2 is 2.40 bits per heavy atom. The van der Waals surface area contributed by atoms with Crippen molar-refractivity contribution in [2.45, 2.75) is 17.7 Å². The SMILES string of the molecule is Cc1cc(SCc2cnc(N)s2)n(C)n1. The summed E-state index contributed by atoms with van der Waals surface area (Å²) < 4.78 is 1.89. The Kier molecular flexibility index (Phi) is 2.97. The number of nitrogen functional groups attached to an aromatic ring is 1. The third-order valence-electron chi connectivity index (χ3n) is 1.89. The van der Waals surface area contributed by atoms with E-state index in [1.165, 1.54) is 21.2 Å². The fourth-order valence-corrected chi connectivity index (χ4v) is 2.99. The van der Waals surface area contributed by atoms with Gasteiger partial charge in [0.05, 0.1) is 10.7 Å². The van der Waals surface area contributed by atoms with Crippen LogP contribution >= 0.6 is 23.1 Å². The lowest BCUT2D eigenvalue weighted by atomic mass is 10.5. The summed E-state index contributed by atoms with van der Waals surface area (Å²) in [6.07, 6.45) is 1.83. The molecule has 0 aliphatic carbocycles. The lowest BCUT2D eigenvalue weighted by Crippen LogP contribution is -1.92. The number of thiazole rings is 1. The second-order valence-corrected chi connectivity index (χ2v) is 5.34. The van der Waals surface area contributed by atoms with Crippen LogP contribution in [0.1, 0.15) is 10.6 Å². The van der Waals surface area contributed by atoms with E-state index in [-0.39, 0.29) is 0 Å². The summed E-state index contributed by atoms with van der Waals surface area (Å²) in [7, 11) is 1.95. The van der Waals surface area contributed by atoms with Gasteiger partial charge in [-0.1, -0.05) is 0 Å². The Hall–Kier alpha value is -1.01. The van der Waals surface area contributed by atoms with Crippen molar-refractivity contribution in [3.05, 3.63) is 22.8 Å². The highest BCUT2D eigenvalue weighted by atomic mass is 32.2. The van der Waals surface area contributed by atoms with Gasteiger partial charge in [-0.05, 0) is 13.0 Å². The Labute approximate surface area is 96.5 Å². The van der Waals surface area contributed by atoms with Crippen LogP contribution in [0.15, 0.2) is 17.3 Å². The molecule has 0 saturated heterocycles. The smallest absolute Gasteiger partial charge is 0.180 e. The van der Waals surface area contributed by atoms with Gasteiger partial charge in [-0.25, -0.2) is 4.98 Å². The Morgan fingerprint density at radius 1 is 1.60 bits per heavy atom. The number of rotatable bonds is 3. The maximum absolute atomic E-state index is 5.56. The number of hydrogen-bond acceptors (Lipinski definition) is 5. The quantitative estimate of drug-likeness (QED) is 0.834. The van der Waals surface area contributed by atoms with E-state index in [1.807, 2.05) is 24.9 Å². The van der Waals surface area contributed by atoms with Crippen molar-refractivity contribution in [1.29, 1.82) is 0 Å². The maximum atomic E-state index is 5.56. The molecule has 2 aromatic heterocycles. The molecular weight excluding hydrogens is 228 g/mol. The van der Waals surface area contributed by atoms with Crippen LogP contribution in [0.2, 0.25) is 0 Å². The molecule has 2 rings (SSSR count). The lowest BCUT2D eigenvalue weighted by Gasteiger charge is -1.98. The zero-order valence-electron chi connectivity index (χ0n) is 8.60. The first-order valence-corrected chi connectivity index (χ1v) is 6.29. The van der Waals surface area contributed by atoms with Crippen LogP contribution in [0.4, 0.5) is 5.13 Å². The fraction of sp³-hybridized carbons (Fsp3) is 0.333. The molecule has 0 unspecified atom stereocenters. The van der Waals surface area contributed by atoms with Crippen LogP contribution in [-0.2, 0) is 12.8 Å². The highest BCUT2D eigenvalue weighted by molar-refractivity contribution is 7.98. The van der Waals surface area contributed by atoms with Crippen molar-refractivity contribution in [1.82, 2.24) is 14.8 Å². The number of hydrogen-bond donors (Lipinski definition) is 1. The van der Waals surface area contributed by atoms with E-state index in [2.05, 4.69) is 16.1 Å². The van der Waals surface area contributed by atoms with E-state index in [9.17, 15) is 0 Å². The molecule has 0 amide bonds. The monoisotopic (exact) mass is 240 g/mol. The maximum Gasteiger partial charge on any atom is 0.180 e. The molecule has 0 atom stereocenters. The zero-order valence-corrected chi connectivity index (χ0v) is 10.2. The highest BCUT2D eigenvalue weighted by Gasteiger charge is 2.04. The molecule has 0 aromatic carbocycles. The third-order valence-corrected chi connectivity index (χ3v) is 4.04. The Morgan fingerprint density at radius 3 is 2.93 bits per heavy atom. The predicted octanol–water partition coefficient (Wildman–Crippen LogP) is 2.06. The van der Waals surface area contributed by atoms with Gasteiger partial charge >= 0.3 is 0 Å². The van der Waals surface area contributed by atoms with Crippen molar-refractivity contribution in [3.8, 4) is 0 Å². The Bertz CT molecular complexity index is 460. The number of thioether (sulfide) groups is 1. The standard InChI is InChI=1S/C9H12N4S2/c1-6-3-8(13(2)12-6)14-5-7-4-11-9(10)15-7/h3-4H,5H2,1-2H3,(H2,10,11). The molecule has 2 heterocycles. The van der Waals surface area contributed by atoms with Crippen LogP contribution in [0.5, 0.6) is 0 Å². The van der Waals surface area contributed by atoms with Crippen molar-refractivity contribution in [2.24, 2.45) is 7.05 Å². The molecule has 15 heavy (non-hydrogen) atoms. The second-order valence-electron chi connectivity index (χ2n) is 3.20. The summed E-state index contributed by atoms with van der Waals surface area (Å²) in [5.41, 5.74) is 6.61. The van der Waals surface area contributed by atoms with E-state index in [1.54, 1.807) is 11.8 Å². The van der Waals surface area contributed by atoms with Crippen molar-refractivity contribution in [3.63, 3.8) is 0 Å². The minimum Gasteiger partial charge on any atom is -0.375 e. The van der Waals surface area contributed by atoms with Gasteiger partial charge in [0, 0.05) is 23.9 Å². The number of aryl methyl sites for hydroxylation is 2. The molecule has 0 saturated carbocycles. The van der Waals surface area contributed by atoms with E-state index in [0.29, 0.717) is 5.13 Å². The molecule has 6 heteroatoms. The summed E-state index contributed by atoms with van der Waals surface area (Å²) >= 11 is 3.29. The number of nitrogens with two attached hydrogens (primary N) is 1. The summed E-state index contributed by atoms with van der Waals surface area (Å²) in [4.78, 5) is 5.21. The van der Waals surface area contributed by atoms with E-state index >= 15 is 0 Å². The Balaban J connectivity index is 2.01. The summed E-state index contributed by atoms with van der Waals surface area (Å²) in [5, 5.41) is 6.08. The van der Waals surface area contributed by atoms with Gasteiger partial charge in [0.2, 0.25) is 0 Å². The summed E-state index contributed by atoms with van der Waals surface area (Å²) in [6, 6.07) is 2.08. The minimum atomic E-state index is 0.631. The first-order chi connectivity index (χ1) is 7.15. The van der Waals surface area contributed by atoms with Crippen LogP contribution in [0, 0.1) is 6.92 Å². The van der Waals surface area contributed by atoms with Gasteiger partial charge in [-0.2, -0.15) is 5.10 Å². The highest BCUT2D eigenvalue weighted by Crippen LogP contribution is 2.26. The molecule has 0 spiro atoms. The van der Waals surface area contributed by atoms with Gasteiger partial charge in [-0.15, -0.1) is 23.1 Å². The van der Waals surface area contributed by atoms with Crippen molar-refractivity contribution < 1.29 is 0 Å². The normalized spacial score (nSPS) is 10.8. The number of anilines is 1. The zero-order chi connectivity index (χ0) is 10.8. The third kappa shape index (κ3) is 2.51. The first-order valence-electron chi connectivity index (χ1n) is 4.49. The average Bonchev–Trinajstić information content (AvgIpc) is 2.70. The largest absolute Gasteiger partial charge is 0.375 e. The molecular formula is C9H12N4S2. The molecule has 0 fully saturated rings. The van der Waals surface area contributed by atoms with E-state index in [0.717, 1.165) is 11.4 Å². The molecule has 0 radical (unpaired) electrons. The van der Waals surface area contributed by atoms with Crippen LogP contribution in [0.25, 0.3) is 0 Å². The second kappa shape index (κ2) is 4.24. The van der Waals surface area contributed by atoms with Crippen LogP contribution in [0.3, 0.4) is 0 Å². The molecule has 80 valence electrons. The summed E-state index contributed by atoms with van der Waals surface area (Å²) in [5.74, 6) is 0.897. The van der Waals surface area contributed by atoms with E-state index in [4.69, 9.17) is 5.73 Å². The van der Waals surface area contributed by atoms with Crippen LogP contribution < -0.4 is 5.73 Å². The van der Waals surface area contributed by atoms with Crippen molar-refractivity contribution in [2.75, 3.05) is 5.73 Å². The van der Waals surface area contributed by atoms with Gasteiger partial charge in [0.25, 0.3) is 0 Å². The number of nitrogens with zero attached hydrogens (tertiary/aromatic N) is 3. The molecule has 4 nitrogen and oxygen atoms in total. The lowest BCUT2D eigenvalue weighted by molar-refractivity contribution is 0.692. The topological polar surface area (TPSA) is 56.7 Å². The predicted molar refractivity (Wildman–Crippen MR) is 64.0 cm³/mol. The fourth-order valence-electron chi connectivity index (χ4n) is 1.26. The van der Waals surface area contributed by atoms with E-state index < -0.39 is 0 Å². The van der Waals surface area contributed by atoms with Gasteiger partial charge < -0.3 is 5.73 Å². The van der Waals surface area contributed by atoms with Gasteiger partial charge in [-0.3, -0.25) is 4.68 Å². The molecule has 0 bridgehead atoms. The first kappa shape index (κ1) is 10.5. The van der Waals surface area contributed by atoms with Crippen LogP contribution in [-0.4, -0.2) is 14.8 Å². The number of aromatic nitrogens is 3. The molecule has 2 N–H and O–H groups in total. The van der Waals surface area contributed by atoms with Gasteiger partial charge in [0.1, 0.15) is 0 Å². The molecule has 0 aliphatic heterocycles. The molecule has 2 aromatic rings. The molecule has 0 aliphatic rings.